The lowest BCUT2D eigenvalue weighted by molar-refractivity contribution is -0.136. The Morgan fingerprint density at radius 1 is 1.42 bits per heavy atom. The maximum absolute atomic E-state index is 12.4. The van der Waals surface area contributed by atoms with Crippen molar-refractivity contribution in [1.82, 2.24) is 9.80 Å². The first-order valence-corrected chi connectivity index (χ1v) is 8.33. The number of aliphatic hydroxyl groups excluding tert-OH is 1. The van der Waals surface area contributed by atoms with Gasteiger partial charge in [-0.05, 0) is 45.1 Å². The first kappa shape index (κ1) is 18.7. The van der Waals surface area contributed by atoms with Crippen molar-refractivity contribution >= 4 is 29.1 Å². The van der Waals surface area contributed by atoms with Crippen molar-refractivity contribution in [2.24, 2.45) is 0 Å². The molecule has 2 rings (SSSR count). The van der Waals surface area contributed by atoms with Crippen LogP contribution in [0.4, 0.5) is 5.69 Å². The van der Waals surface area contributed by atoms with E-state index in [1.807, 2.05) is 25.9 Å². The van der Waals surface area contributed by atoms with Gasteiger partial charge < -0.3 is 20.2 Å². The van der Waals surface area contributed by atoms with E-state index in [2.05, 4.69) is 5.32 Å². The van der Waals surface area contributed by atoms with Crippen LogP contribution in [-0.4, -0.2) is 66.1 Å². The predicted octanol–water partition coefficient (Wildman–Crippen LogP) is 1.50. The smallest absolute Gasteiger partial charge is 0.233 e. The standard InChI is InChI=1S/C17H24ClN3O3/c1-11-14(18)5-4-6-15(11)19-16(23)8-17(24)21-9-12(20(2)3)7-13(21)10-22/h4-6,12-13,22H,7-10H2,1-3H3,(H,19,23)/t12-,13+/m1/s1. The molecule has 1 aromatic rings. The molecule has 2 atom stereocenters. The molecule has 1 fully saturated rings. The molecule has 2 amide bonds. The number of nitrogens with zero attached hydrogens (tertiary/aromatic N) is 2. The fourth-order valence-electron chi connectivity index (χ4n) is 2.92. The number of rotatable bonds is 5. The second kappa shape index (κ2) is 7.96. The van der Waals surface area contributed by atoms with E-state index >= 15 is 0 Å². The number of carbonyl (C=O) groups is 2. The molecule has 0 aromatic heterocycles. The Kier molecular flexibility index (Phi) is 6.21. The summed E-state index contributed by atoms with van der Waals surface area (Å²) >= 11 is 6.03. The summed E-state index contributed by atoms with van der Waals surface area (Å²) in [5.41, 5.74) is 1.37. The van der Waals surface area contributed by atoms with E-state index in [0.29, 0.717) is 23.7 Å². The van der Waals surface area contributed by atoms with Gasteiger partial charge in [-0.3, -0.25) is 9.59 Å². The van der Waals surface area contributed by atoms with Gasteiger partial charge in [0.2, 0.25) is 11.8 Å². The maximum Gasteiger partial charge on any atom is 0.233 e. The number of amides is 2. The van der Waals surface area contributed by atoms with E-state index < -0.39 is 0 Å². The highest BCUT2D eigenvalue weighted by molar-refractivity contribution is 6.31. The second-order valence-corrected chi connectivity index (χ2v) is 6.78. The quantitative estimate of drug-likeness (QED) is 0.787. The van der Waals surface area contributed by atoms with E-state index in [0.717, 1.165) is 5.56 Å². The zero-order valence-corrected chi connectivity index (χ0v) is 15.0. The van der Waals surface area contributed by atoms with Crippen molar-refractivity contribution in [3.8, 4) is 0 Å². The lowest BCUT2D eigenvalue weighted by atomic mass is 10.1. The van der Waals surface area contributed by atoms with Crippen molar-refractivity contribution in [3.63, 3.8) is 0 Å². The van der Waals surface area contributed by atoms with Crippen LogP contribution in [0.2, 0.25) is 5.02 Å². The minimum absolute atomic E-state index is 0.0922. The number of likely N-dealkylation sites (tertiary alicyclic amines) is 1. The number of aliphatic hydroxyl groups is 1. The maximum atomic E-state index is 12.4. The van der Waals surface area contributed by atoms with Crippen LogP contribution in [0.5, 0.6) is 0 Å². The molecule has 132 valence electrons. The molecule has 1 aliphatic rings. The molecule has 0 aliphatic carbocycles. The Morgan fingerprint density at radius 2 is 2.12 bits per heavy atom. The fourth-order valence-corrected chi connectivity index (χ4v) is 3.10. The van der Waals surface area contributed by atoms with Gasteiger partial charge in [0.15, 0.2) is 0 Å². The molecule has 0 bridgehead atoms. The number of nitrogens with one attached hydrogen (secondary N) is 1. The number of hydrogen-bond donors (Lipinski definition) is 2. The highest BCUT2D eigenvalue weighted by Gasteiger charge is 2.36. The van der Waals surface area contributed by atoms with Crippen molar-refractivity contribution < 1.29 is 14.7 Å². The number of hydrogen-bond acceptors (Lipinski definition) is 4. The molecule has 1 aromatic carbocycles. The van der Waals surface area contributed by atoms with Crippen LogP contribution in [0.1, 0.15) is 18.4 Å². The van der Waals surface area contributed by atoms with Crippen LogP contribution in [0.25, 0.3) is 0 Å². The van der Waals surface area contributed by atoms with Gasteiger partial charge in [-0.2, -0.15) is 0 Å². The van der Waals surface area contributed by atoms with Crippen LogP contribution in [0.15, 0.2) is 18.2 Å². The average Bonchev–Trinajstić information content (AvgIpc) is 2.96. The molecular formula is C17H24ClN3O3. The van der Waals surface area contributed by atoms with Crippen molar-refractivity contribution in [3.05, 3.63) is 28.8 Å². The van der Waals surface area contributed by atoms with Gasteiger partial charge in [-0.1, -0.05) is 17.7 Å². The molecule has 24 heavy (non-hydrogen) atoms. The molecule has 0 radical (unpaired) electrons. The van der Waals surface area contributed by atoms with E-state index in [-0.39, 0.29) is 36.9 Å². The molecular weight excluding hydrogens is 330 g/mol. The minimum Gasteiger partial charge on any atom is -0.394 e. The molecule has 7 heteroatoms. The van der Waals surface area contributed by atoms with Gasteiger partial charge in [0.05, 0.1) is 12.6 Å². The largest absolute Gasteiger partial charge is 0.394 e. The molecule has 0 spiro atoms. The van der Waals surface area contributed by atoms with Crippen LogP contribution in [0.3, 0.4) is 0 Å². The lowest BCUT2D eigenvalue weighted by Gasteiger charge is -2.23. The summed E-state index contributed by atoms with van der Waals surface area (Å²) in [6.45, 7) is 2.25. The number of likely N-dealkylation sites (N-methyl/N-ethyl adjacent to an activating group) is 1. The average molecular weight is 354 g/mol. The second-order valence-electron chi connectivity index (χ2n) is 6.37. The van der Waals surface area contributed by atoms with Crippen molar-refractivity contribution in [1.29, 1.82) is 0 Å². The topological polar surface area (TPSA) is 72.9 Å². The Bertz CT molecular complexity index is 621. The van der Waals surface area contributed by atoms with Gasteiger partial charge in [-0.15, -0.1) is 0 Å². The SMILES string of the molecule is Cc1c(Cl)cccc1NC(=O)CC(=O)N1C[C@H](N(C)C)C[C@H]1CO. The van der Waals surface area contributed by atoms with Gasteiger partial charge in [0, 0.05) is 23.3 Å². The Labute approximate surface area is 147 Å². The van der Waals surface area contributed by atoms with Crippen LogP contribution in [-0.2, 0) is 9.59 Å². The molecule has 1 aliphatic heterocycles. The molecule has 1 heterocycles. The molecule has 0 saturated carbocycles. The molecule has 1 saturated heterocycles. The molecule has 0 unspecified atom stereocenters. The predicted molar refractivity (Wildman–Crippen MR) is 94.1 cm³/mol. The minimum atomic E-state index is -0.379. The zero-order chi connectivity index (χ0) is 17.9. The lowest BCUT2D eigenvalue weighted by Crippen LogP contribution is -2.40. The highest BCUT2D eigenvalue weighted by atomic mass is 35.5. The Morgan fingerprint density at radius 3 is 2.75 bits per heavy atom. The summed E-state index contributed by atoms with van der Waals surface area (Å²) in [5.74, 6) is -0.647. The number of halogens is 1. The highest BCUT2D eigenvalue weighted by Crippen LogP contribution is 2.24. The number of benzene rings is 1. The number of carbonyl (C=O) groups excluding carboxylic acids is 2. The summed E-state index contributed by atoms with van der Waals surface area (Å²) in [7, 11) is 3.89. The Hall–Kier alpha value is -1.63. The number of anilines is 1. The van der Waals surface area contributed by atoms with E-state index in [4.69, 9.17) is 11.6 Å². The fraction of sp³-hybridized carbons (Fsp3) is 0.529. The monoisotopic (exact) mass is 353 g/mol. The summed E-state index contributed by atoms with van der Waals surface area (Å²) < 4.78 is 0. The van der Waals surface area contributed by atoms with E-state index in [1.165, 1.54) is 0 Å². The van der Waals surface area contributed by atoms with Crippen LogP contribution in [0, 0.1) is 6.92 Å². The van der Waals surface area contributed by atoms with Gasteiger partial charge >= 0.3 is 0 Å². The summed E-state index contributed by atoms with van der Waals surface area (Å²) in [6.07, 6.45) is 0.465. The van der Waals surface area contributed by atoms with Crippen molar-refractivity contribution in [2.45, 2.75) is 31.8 Å². The third-order valence-electron chi connectivity index (χ3n) is 4.51. The third kappa shape index (κ3) is 4.26. The van der Waals surface area contributed by atoms with E-state index in [9.17, 15) is 14.7 Å². The Balaban J connectivity index is 1.98. The van der Waals surface area contributed by atoms with Gasteiger partial charge in [0.1, 0.15) is 6.42 Å². The van der Waals surface area contributed by atoms with Crippen LogP contribution >= 0.6 is 11.6 Å². The summed E-state index contributed by atoms with van der Waals surface area (Å²) in [5, 5.41) is 12.8. The van der Waals surface area contributed by atoms with E-state index in [1.54, 1.807) is 23.1 Å². The van der Waals surface area contributed by atoms with Crippen molar-refractivity contribution in [2.75, 3.05) is 32.6 Å². The zero-order valence-electron chi connectivity index (χ0n) is 14.3. The summed E-state index contributed by atoms with van der Waals surface area (Å²) in [4.78, 5) is 28.3. The first-order chi connectivity index (χ1) is 11.3. The molecule has 2 N–H and O–H groups in total. The normalized spacial score (nSPS) is 20.5. The van der Waals surface area contributed by atoms with Crippen LogP contribution < -0.4 is 5.32 Å². The van der Waals surface area contributed by atoms with Gasteiger partial charge in [0.25, 0.3) is 0 Å². The molecule has 6 nitrogen and oxygen atoms in total. The van der Waals surface area contributed by atoms with Gasteiger partial charge in [-0.25, -0.2) is 0 Å². The first-order valence-electron chi connectivity index (χ1n) is 7.95. The third-order valence-corrected chi connectivity index (χ3v) is 4.92. The summed E-state index contributed by atoms with van der Waals surface area (Å²) in [6, 6.07) is 5.21.